The summed E-state index contributed by atoms with van der Waals surface area (Å²) in [6, 6.07) is 0. The van der Waals surface area contributed by atoms with Crippen LogP contribution in [0.15, 0.2) is 12.3 Å². The minimum absolute atomic E-state index is 0.303. The van der Waals surface area contributed by atoms with Crippen LogP contribution in [0.2, 0.25) is 0 Å². The fourth-order valence-electron chi connectivity index (χ4n) is 0.755. The number of carboxylic acid groups (broad SMARTS) is 1. The van der Waals surface area contributed by atoms with Crippen LogP contribution in [0.3, 0.4) is 0 Å². The quantitative estimate of drug-likeness (QED) is 0.546. The van der Waals surface area contributed by atoms with Crippen LogP contribution in [-0.4, -0.2) is 17.6 Å². The maximum Gasteiger partial charge on any atom is 0.310 e. The molecule has 1 rings (SSSR count). The smallest absolute Gasteiger partial charge is 0.310 e. The molecule has 1 N–H and O–H groups in total. The van der Waals surface area contributed by atoms with Crippen molar-refractivity contribution in [1.82, 2.24) is 5.32 Å². The van der Waals surface area contributed by atoms with E-state index in [1.165, 1.54) is 0 Å². The van der Waals surface area contributed by atoms with Crippen LogP contribution >= 0.6 is 0 Å². The summed E-state index contributed by atoms with van der Waals surface area (Å²) >= 11 is 0. The lowest BCUT2D eigenvalue weighted by molar-refractivity contribution is -0.140. The first-order valence-electron chi connectivity index (χ1n) is 2.87. The van der Waals surface area contributed by atoms with Crippen molar-refractivity contribution in [3.63, 3.8) is 0 Å². The van der Waals surface area contributed by atoms with Crippen molar-refractivity contribution >= 4 is 5.97 Å². The Balaban J connectivity index is 2.50. The number of hydrogen-bond donors (Lipinski definition) is 1. The Morgan fingerprint density at radius 1 is 1.78 bits per heavy atom. The van der Waals surface area contributed by atoms with E-state index in [1.54, 1.807) is 12.3 Å². The molecule has 49 valence electrons. The summed E-state index contributed by atoms with van der Waals surface area (Å²) in [4.78, 5) is 10.3. The highest BCUT2D eigenvalue weighted by Crippen LogP contribution is 2.07. The second-order valence-corrected chi connectivity index (χ2v) is 1.98. The molecule has 0 amide bonds. The Morgan fingerprint density at radius 3 is 2.89 bits per heavy atom. The third-order valence-electron chi connectivity index (χ3n) is 1.31. The molecule has 1 unspecified atom stereocenters. The van der Waals surface area contributed by atoms with E-state index in [0.717, 1.165) is 0 Å². The average Bonchev–Trinajstić information content (AvgIpc) is 1.90. The number of hydrogen-bond acceptors (Lipinski definition) is 1. The molecule has 0 saturated heterocycles. The number of aliphatic carboxylic acids is 1. The number of carboxylic acids is 1. The number of nitrogens with zero attached hydrogens (tertiary/aromatic N) is 1. The van der Waals surface area contributed by atoms with Crippen LogP contribution in [0.25, 0.3) is 0 Å². The van der Waals surface area contributed by atoms with Crippen LogP contribution in [-0.2, 0) is 4.79 Å². The third-order valence-corrected chi connectivity index (χ3v) is 1.31. The van der Waals surface area contributed by atoms with E-state index in [-0.39, 0.29) is 5.92 Å². The van der Waals surface area contributed by atoms with Crippen molar-refractivity contribution in [3.8, 4) is 0 Å². The zero-order valence-electron chi connectivity index (χ0n) is 4.95. The molecule has 9 heavy (non-hydrogen) atoms. The van der Waals surface area contributed by atoms with Gasteiger partial charge in [0.2, 0.25) is 0 Å². The molecule has 0 bridgehead atoms. The Kier molecular flexibility index (Phi) is 1.72. The van der Waals surface area contributed by atoms with E-state index in [4.69, 9.17) is 5.11 Å². The van der Waals surface area contributed by atoms with Gasteiger partial charge in [0.25, 0.3) is 0 Å². The summed E-state index contributed by atoms with van der Waals surface area (Å²) in [5.74, 6) is -1.05. The lowest BCUT2D eigenvalue weighted by atomic mass is 10.0. The third kappa shape index (κ3) is 1.45. The molecule has 0 aliphatic carbocycles. The highest BCUT2D eigenvalue weighted by molar-refractivity contribution is 5.72. The second kappa shape index (κ2) is 2.53. The van der Waals surface area contributed by atoms with Crippen molar-refractivity contribution in [3.05, 3.63) is 12.3 Å². The maximum atomic E-state index is 10.3. The van der Waals surface area contributed by atoms with E-state index < -0.39 is 5.97 Å². The molecule has 1 aliphatic heterocycles. The normalized spacial score (nSPS) is 25.1. The summed E-state index contributed by atoms with van der Waals surface area (Å²) in [6.07, 6.45) is 3.83. The Labute approximate surface area is 53.4 Å². The largest absolute Gasteiger partial charge is 0.481 e. The molecule has 3 nitrogen and oxygen atoms in total. The van der Waals surface area contributed by atoms with Gasteiger partial charge >= 0.3 is 5.97 Å². The van der Waals surface area contributed by atoms with Crippen LogP contribution in [0.1, 0.15) is 6.42 Å². The molecule has 0 spiro atoms. The van der Waals surface area contributed by atoms with E-state index in [1.807, 2.05) is 0 Å². The maximum absolute atomic E-state index is 10.3. The number of rotatable bonds is 1. The van der Waals surface area contributed by atoms with E-state index in [0.29, 0.717) is 13.0 Å². The minimum Gasteiger partial charge on any atom is -0.481 e. The summed E-state index contributed by atoms with van der Waals surface area (Å²) in [5.41, 5.74) is 0. The van der Waals surface area contributed by atoms with Gasteiger partial charge in [-0.3, -0.25) is 10.1 Å². The monoisotopic (exact) mass is 126 g/mol. The van der Waals surface area contributed by atoms with Crippen molar-refractivity contribution in [2.45, 2.75) is 6.42 Å². The predicted octanol–water partition coefficient (Wildman–Crippen LogP) is 0.209. The van der Waals surface area contributed by atoms with Crippen LogP contribution in [0.5, 0.6) is 0 Å². The highest BCUT2D eigenvalue weighted by Gasteiger charge is 2.15. The van der Waals surface area contributed by atoms with Gasteiger partial charge in [-0.05, 0) is 6.42 Å². The molecule has 1 heterocycles. The van der Waals surface area contributed by atoms with Crippen molar-refractivity contribution < 1.29 is 9.90 Å². The molecule has 0 aromatic heterocycles. The van der Waals surface area contributed by atoms with Gasteiger partial charge in [0.1, 0.15) is 0 Å². The first-order chi connectivity index (χ1) is 4.30. The molecule has 1 atom stereocenters. The molecule has 1 radical (unpaired) electrons. The standard InChI is InChI=1S/C6H8NO2/c8-6(9)5-1-3-7-4-2-5/h1,3,5H,2,4H2,(H,8,9). The highest BCUT2D eigenvalue weighted by atomic mass is 16.4. The van der Waals surface area contributed by atoms with Crippen molar-refractivity contribution in [2.24, 2.45) is 5.92 Å². The molecule has 0 fully saturated rings. The first kappa shape index (κ1) is 6.13. The minimum atomic E-state index is -0.749. The predicted molar refractivity (Wildman–Crippen MR) is 31.9 cm³/mol. The van der Waals surface area contributed by atoms with Crippen LogP contribution in [0, 0.1) is 5.92 Å². The summed E-state index contributed by atoms with van der Waals surface area (Å²) in [5, 5.41) is 12.3. The van der Waals surface area contributed by atoms with Gasteiger partial charge in [-0.25, -0.2) is 0 Å². The summed E-state index contributed by atoms with van der Waals surface area (Å²) in [7, 11) is 0. The molecular formula is C6H8NO2. The number of carbonyl (C=O) groups is 1. The van der Waals surface area contributed by atoms with Crippen molar-refractivity contribution in [1.29, 1.82) is 0 Å². The molecule has 3 heteroatoms. The Morgan fingerprint density at radius 2 is 2.56 bits per heavy atom. The first-order valence-corrected chi connectivity index (χ1v) is 2.87. The molecule has 0 saturated carbocycles. The molecule has 0 aromatic rings. The zero-order chi connectivity index (χ0) is 6.69. The topological polar surface area (TPSA) is 51.4 Å². The van der Waals surface area contributed by atoms with Gasteiger partial charge in [-0.15, -0.1) is 0 Å². The second-order valence-electron chi connectivity index (χ2n) is 1.98. The van der Waals surface area contributed by atoms with E-state index in [9.17, 15) is 4.79 Å². The van der Waals surface area contributed by atoms with Crippen molar-refractivity contribution in [2.75, 3.05) is 6.54 Å². The zero-order valence-corrected chi connectivity index (χ0v) is 4.95. The van der Waals surface area contributed by atoms with Gasteiger partial charge in [0.15, 0.2) is 0 Å². The van der Waals surface area contributed by atoms with Crippen LogP contribution in [0.4, 0.5) is 0 Å². The fraction of sp³-hybridized carbons (Fsp3) is 0.500. The van der Waals surface area contributed by atoms with Crippen LogP contribution < -0.4 is 5.32 Å². The van der Waals surface area contributed by atoms with Gasteiger partial charge < -0.3 is 5.11 Å². The van der Waals surface area contributed by atoms with E-state index >= 15 is 0 Å². The van der Waals surface area contributed by atoms with Gasteiger partial charge in [0, 0.05) is 12.7 Å². The Hall–Kier alpha value is -0.990. The lowest BCUT2D eigenvalue weighted by Gasteiger charge is -2.09. The summed E-state index contributed by atoms with van der Waals surface area (Å²) in [6.45, 7) is 0.646. The lowest BCUT2D eigenvalue weighted by Crippen LogP contribution is -2.19. The van der Waals surface area contributed by atoms with E-state index in [2.05, 4.69) is 5.32 Å². The molecule has 0 aromatic carbocycles. The average molecular weight is 126 g/mol. The fourth-order valence-corrected chi connectivity index (χ4v) is 0.755. The summed E-state index contributed by atoms with van der Waals surface area (Å²) < 4.78 is 0. The molecule has 1 aliphatic rings. The van der Waals surface area contributed by atoms with Gasteiger partial charge in [0.05, 0.1) is 5.92 Å². The molecular weight excluding hydrogens is 118 g/mol. The Bertz CT molecular complexity index is 142. The SMILES string of the molecule is O=C(O)C1C=C[N]CC1. The van der Waals surface area contributed by atoms with Gasteiger partial charge in [-0.2, -0.15) is 0 Å². The van der Waals surface area contributed by atoms with Gasteiger partial charge in [-0.1, -0.05) is 6.08 Å².